The average Bonchev–Trinajstić information content (AvgIpc) is 3.23. The van der Waals surface area contributed by atoms with E-state index in [9.17, 15) is 0 Å². The second-order valence-corrected chi connectivity index (χ2v) is 5.79. The van der Waals surface area contributed by atoms with Gasteiger partial charge in [-0.3, -0.25) is 5.10 Å². The van der Waals surface area contributed by atoms with Crippen molar-refractivity contribution in [3.8, 4) is 17.1 Å². The normalized spacial score (nSPS) is 10.9. The molecular weight excluding hydrogens is 314 g/mol. The largest absolute Gasteiger partial charge is 0.497 e. The average molecular weight is 331 g/mol. The predicted molar refractivity (Wildman–Crippen MR) is 86.2 cm³/mol. The zero-order valence-corrected chi connectivity index (χ0v) is 13.8. The third-order valence-corrected chi connectivity index (χ3v) is 3.97. The molecule has 3 aromatic rings. The van der Waals surface area contributed by atoms with E-state index in [2.05, 4.69) is 32.2 Å². The number of rotatable bonds is 7. The first-order chi connectivity index (χ1) is 11.3. The molecule has 0 aliphatic heterocycles. The van der Waals surface area contributed by atoms with Crippen LogP contribution in [0.4, 0.5) is 0 Å². The molecule has 3 rings (SSSR count). The van der Waals surface area contributed by atoms with E-state index >= 15 is 0 Å². The molecule has 0 amide bonds. The van der Waals surface area contributed by atoms with E-state index in [-0.39, 0.29) is 0 Å². The van der Waals surface area contributed by atoms with Gasteiger partial charge in [0.2, 0.25) is 16.9 Å². The zero-order chi connectivity index (χ0) is 16.1. The Morgan fingerprint density at radius 3 is 2.78 bits per heavy atom. The number of nitrogens with zero attached hydrogens (tertiary/aromatic N) is 4. The van der Waals surface area contributed by atoms with Crippen LogP contribution in [0.5, 0.6) is 5.75 Å². The van der Waals surface area contributed by atoms with Gasteiger partial charge in [-0.2, -0.15) is 4.98 Å². The van der Waals surface area contributed by atoms with Crippen LogP contribution in [-0.2, 0) is 12.2 Å². The predicted octanol–water partition coefficient (Wildman–Crippen LogP) is 3.11. The standard InChI is InChI=1S/C15H17N5O2S/c1-3-4-12-16-15(19-18-12)23-9-13-17-14(20-22-13)10-5-7-11(21-2)8-6-10/h5-8H,3-4,9H2,1-2H3,(H,16,18,19). The van der Waals surface area contributed by atoms with Gasteiger partial charge in [-0.05, 0) is 30.7 Å². The molecule has 1 aromatic carbocycles. The van der Waals surface area contributed by atoms with E-state index in [1.807, 2.05) is 24.3 Å². The van der Waals surface area contributed by atoms with Crippen LogP contribution in [0.25, 0.3) is 11.4 Å². The van der Waals surface area contributed by atoms with Gasteiger partial charge in [0.05, 0.1) is 12.9 Å². The molecule has 0 saturated heterocycles. The number of aromatic amines is 1. The number of thioether (sulfide) groups is 1. The topological polar surface area (TPSA) is 89.7 Å². The van der Waals surface area contributed by atoms with Gasteiger partial charge in [0.15, 0.2) is 0 Å². The number of hydrogen-bond acceptors (Lipinski definition) is 7. The molecule has 8 heteroatoms. The Kier molecular flexibility index (Phi) is 4.92. The molecule has 7 nitrogen and oxygen atoms in total. The maximum atomic E-state index is 5.27. The first-order valence-corrected chi connectivity index (χ1v) is 8.28. The van der Waals surface area contributed by atoms with Gasteiger partial charge in [0.25, 0.3) is 0 Å². The van der Waals surface area contributed by atoms with Crippen LogP contribution in [0.1, 0.15) is 25.1 Å². The summed E-state index contributed by atoms with van der Waals surface area (Å²) in [4.78, 5) is 8.78. The Morgan fingerprint density at radius 2 is 2.04 bits per heavy atom. The van der Waals surface area contributed by atoms with Crippen molar-refractivity contribution in [1.29, 1.82) is 0 Å². The Balaban J connectivity index is 1.62. The van der Waals surface area contributed by atoms with Crippen LogP contribution >= 0.6 is 11.8 Å². The number of aromatic nitrogens is 5. The summed E-state index contributed by atoms with van der Waals surface area (Å²) in [5.74, 6) is 3.33. The Morgan fingerprint density at radius 1 is 1.22 bits per heavy atom. The Hall–Kier alpha value is -2.35. The molecule has 2 heterocycles. The monoisotopic (exact) mass is 331 g/mol. The highest BCUT2D eigenvalue weighted by Crippen LogP contribution is 2.22. The molecule has 23 heavy (non-hydrogen) atoms. The quantitative estimate of drug-likeness (QED) is 0.665. The van der Waals surface area contributed by atoms with Crippen LogP contribution in [0.2, 0.25) is 0 Å². The lowest BCUT2D eigenvalue weighted by molar-refractivity contribution is 0.391. The lowest BCUT2D eigenvalue weighted by atomic mass is 10.2. The van der Waals surface area contributed by atoms with Gasteiger partial charge in [-0.1, -0.05) is 23.8 Å². The summed E-state index contributed by atoms with van der Waals surface area (Å²) in [5, 5.41) is 11.8. The summed E-state index contributed by atoms with van der Waals surface area (Å²) in [7, 11) is 1.63. The van der Waals surface area contributed by atoms with Crippen molar-refractivity contribution in [3.63, 3.8) is 0 Å². The van der Waals surface area contributed by atoms with Crippen LogP contribution in [-0.4, -0.2) is 32.4 Å². The minimum Gasteiger partial charge on any atom is -0.497 e. The molecule has 0 aliphatic rings. The molecule has 1 N–H and O–H groups in total. The molecule has 0 aliphatic carbocycles. The first kappa shape index (κ1) is 15.5. The van der Waals surface area contributed by atoms with Crippen LogP contribution in [0, 0.1) is 0 Å². The van der Waals surface area contributed by atoms with E-state index in [1.54, 1.807) is 7.11 Å². The van der Waals surface area contributed by atoms with E-state index in [0.29, 0.717) is 22.6 Å². The van der Waals surface area contributed by atoms with Crippen molar-refractivity contribution < 1.29 is 9.26 Å². The van der Waals surface area contributed by atoms with E-state index in [0.717, 1.165) is 30.0 Å². The summed E-state index contributed by atoms with van der Waals surface area (Å²) in [6.07, 6.45) is 1.93. The highest BCUT2D eigenvalue weighted by molar-refractivity contribution is 7.98. The lowest BCUT2D eigenvalue weighted by Crippen LogP contribution is -1.86. The van der Waals surface area contributed by atoms with Crippen LogP contribution in [0.3, 0.4) is 0 Å². The molecule has 0 saturated carbocycles. The number of ether oxygens (including phenoxy) is 1. The van der Waals surface area contributed by atoms with Gasteiger partial charge in [0, 0.05) is 12.0 Å². The second kappa shape index (κ2) is 7.28. The van der Waals surface area contributed by atoms with E-state index in [4.69, 9.17) is 9.26 Å². The van der Waals surface area contributed by atoms with Gasteiger partial charge in [0.1, 0.15) is 11.6 Å². The summed E-state index contributed by atoms with van der Waals surface area (Å²) >= 11 is 1.47. The Labute approximate surface area is 137 Å². The first-order valence-electron chi connectivity index (χ1n) is 7.29. The number of hydrogen-bond donors (Lipinski definition) is 1. The third kappa shape index (κ3) is 3.89. The van der Waals surface area contributed by atoms with Crippen molar-refractivity contribution in [1.82, 2.24) is 25.3 Å². The van der Waals surface area contributed by atoms with Crippen molar-refractivity contribution in [3.05, 3.63) is 36.0 Å². The number of methoxy groups -OCH3 is 1. The van der Waals surface area contributed by atoms with E-state index in [1.165, 1.54) is 11.8 Å². The SMILES string of the molecule is CCCc1nc(SCc2nc(-c3ccc(OC)cc3)no2)n[nH]1. The highest BCUT2D eigenvalue weighted by Gasteiger charge is 2.11. The fourth-order valence-electron chi connectivity index (χ4n) is 1.99. The molecule has 0 atom stereocenters. The molecule has 0 unspecified atom stereocenters. The van der Waals surface area contributed by atoms with Crippen molar-refractivity contribution in [2.24, 2.45) is 0 Å². The molecule has 0 radical (unpaired) electrons. The fraction of sp³-hybridized carbons (Fsp3) is 0.333. The minimum absolute atomic E-state index is 0.534. The summed E-state index contributed by atoms with van der Waals surface area (Å²) < 4.78 is 10.4. The third-order valence-electron chi connectivity index (χ3n) is 3.14. The molecule has 0 spiro atoms. The number of H-pyrrole nitrogens is 1. The minimum atomic E-state index is 0.534. The summed E-state index contributed by atoms with van der Waals surface area (Å²) in [5.41, 5.74) is 0.883. The summed E-state index contributed by atoms with van der Waals surface area (Å²) in [6, 6.07) is 7.52. The molecule has 120 valence electrons. The molecular formula is C15H17N5O2S. The van der Waals surface area contributed by atoms with Gasteiger partial charge in [-0.15, -0.1) is 5.10 Å². The van der Waals surface area contributed by atoms with Crippen LogP contribution < -0.4 is 4.74 Å². The van der Waals surface area contributed by atoms with Crippen molar-refractivity contribution in [2.75, 3.05) is 7.11 Å². The van der Waals surface area contributed by atoms with Crippen molar-refractivity contribution >= 4 is 11.8 Å². The van der Waals surface area contributed by atoms with Gasteiger partial charge >= 0.3 is 0 Å². The van der Waals surface area contributed by atoms with Gasteiger partial charge in [-0.25, -0.2) is 4.98 Å². The van der Waals surface area contributed by atoms with Crippen molar-refractivity contribution in [2.45, 2.75) is 30.7 Å². The molecule has 0 bridgehead atoms. The lowest BCUT2D eigenvalue weighted by Gasteiger charge is -1.98. The zero-order valence-electron chi connectivity index (χ0n) is 12.9. The number of aryl methyl sites for hydroxylation is 1. The maximum absolute atomic E-state index is 5.27. The summed E-state index contributed by atoms with van der Waals surface area (Å²) in [6.45, 7) is 2.11. The molecule has 0 fully saturated rings. The van der Waals surface area contributed by atoms with Crippen LogP contribution in [0.15, 0.2) is 33.9 Å². The number of nitrogens with one attached hydrogen (secondary N) is 1. The maximum Gasteiger partial charge on any atom is 0.237 e. The van der Waals surface area contributed by atoms with Gasteiger partial charge < -0.3 is 9.26 Å². The fourth-order valence-corrected chi connectivity index (χ4v) is 2.64. The molecule has 2 aromatic heterocycles. The number of benzene rings is 1. The smallest absolute Gasteiger partial charge is 0.237 e. The Bertz CT molecular complexity index is 753. The highest BCUT2D eigenvalue weighted by atomic mass is 32.2. The van der Waals surface area contributed by atoms with E-state index < -0.39 is 0 Å². The second-order valence-electron chi connectivity index (χ2n) is 4.84.